The predicted octanol–water partition coefficient (Wildman–Crippen LogP) is 5.21. The molecule has 0 aliphatic carbocycles. The van der Waals surface area contributed by atoms with E-state index < -0.39 is 0 Å². The minimum atomic E-state index is 0.805. The molecule has 96 valence electrons. The lowest BCUT2D eigenvalue weighted by Gasteiger charge is -2.21. The van der Waals surface area contributed by atoms with Gasteiger partial charge in [0.2, 0.25) is 0 Å². The number of benzene rings is 1. The largest absolute Gasteiger partial charge is 0.0654 e. The van der Waals surface area contributed by atoms with Crippen molar-refractivity contribution in [1.82, 2.24) is 0 Å². The van der Waals surface area contributed by atoms with Crippen molar-refractivity contribution in [1.29, 1.82) is 0 Å². The summed E-state index contributed by atoms with van der Waals surface area (Å²) in [6, 6.07) is 0. The Kier molecular flexibility index (Phi) is 4.80. The highest BCUT2D eigenvalue weighted by Crippen LogP contribution is 2.28. The third-order valence-electron chi connectivity index (χ3n) is 4.49. The third-order valence-corrected chi connectivity index (χ3v) is 4.49. The quantitative estimate of drug-likeness (QED) is 0.668. The number of rotatable bonds is 4. The maximum absolute atomic E-state index is 2.38. The van der Waals surface area contributed by atoms with Crippen LogP contribution in [0.5, 0.6) is 0 Å². The van der Waals surface area contributed by atoms with Crippen LogP contribution in [0.15, 0.2) is 0 Å². The summed E-state index contributed by atoms with van der Waals surface area (Å²) in [5.74, 6) is 0.805. The first-order valence-corrected chi connectivity index (χ1v) is 6.95. The molecule has 0 saturated carbocycles. The lowest BCUT2D eigenvalue weighted by molar-refractivity contribution is 0.520. The van der Waals surface area contributed by atoms with Gasteiger partial charge in [0.15, 0.2) is 0 Å². The van der Waals surface area contributed by atoms with Crippen molar-refractivity contribution >= 4 is 0 Å². The van der Waals surface area contributed by atoms with Crippen molar-refractivity contribution in [3.05, 3.63) is 33.4 Å². The molecule has 0 aliphatic heterocycles. The summed E-state index contributed by atoms with van der Waals surface area (Å²) in [5.41, 5.74) is 9.11. The first-order chi connectivity index (χ1) is 7.90. The molecule has 1 atom stereocenters. The van der Waals surface area contributed by atoms with Crippen molar-refractivity contribution in [3.8, 4) is 0 Å². The van der Waals surface area contributed by atoms with E-state index in [0.717, 1.165) is 5.92 Å². The summed E-state index contributed by atoms with van der Waals surface area (Å²) in [5, 5.41) is 0. The second kappa shape index (κ2) is 5.71. The van der Waals surface area contributed by atoms with Gasteiger partial charge in [-0.15, -0.1) is 0 Å². The summed E-state index contributed by atoms with van der Waals surface area (Å²) in [6.45, 7) is 16.0. The van der Waals surface area contributed by atoms with Crippen LogP contribution >= 0.6 is 0 Å². The molecule has 0 aliphatic rings. The van der Waals surface area contributed by atoms with E-state index in [1.807, 2.05) is 0 Å². The van der Waals surface area contributed by atoms with E-state index in [4.69, 9.17) is 0 Å². The molecule has 0 aromatic heterocycles. The lowest BCUT2D eigenvalue weighted by Crippen LogP contribution is -2.07. The monoisotopic (exact) mass is 232 g/mol. The SMILES string of the molecule is CCCC(C)Cc1c(C)c(C)c(C)c(C)c1C. The van der Waals surface area contributed by atoms with E-state index in [9.17, 15) is 0 Å². The zero-order valence-corrected chi connectivity index (χ0v) is 12.7. The van der Waals surface area contributed by atoms with E-state index in [0.29, 0.717) is 0 Å². The van der Waals surface area contributed by atoms with Gasteiger partial charge in [-0.25, -0.2) is 0 Å². The summed E-state index contributed by atoms with van der Waals surface area (Å²) in [4.78, 5) is 0. The summed E-state index contributed by atoms with van der Waals surface area (Å²) < 4.78 is 0. The van der Waals surface area contributed by atoms with Crippen LogP contribution in [0, 0.1) is 40.5 Å². The first-order valence-electron chi connectivity index (χ1n) is 6.95. The molecule has 0 heteroatoms. The van der Waals surface area contributed by atoms with Crippen molar-refractivity contribution in [2.24, 2.45) is 5.92 Å². The van der Waals surface area contributed by atoms with Crippen LogP contribution in [-0.2, 0) is 6.42 Å². The molecule has 0 spiro atoms. The molecule has 1 aromatic carbocycles. The fraction of sp³-hybridized carbons (Fsp3) is 0.647. The molecule has 0 heterocycles. The smallest absolute Gasteiger partial charge is 0.0248 e. The van der Waals surface area contributed by atoms with Gasteiger partial charge in [0.05, 0.1) is 0 Å². The molecule has 1 aromatic rings. The van der Waals surface area contributed by atoms with Gasteiger partial charge in [-0.3, -0.25) is 0 Å². The Morgan fingerprint density at radius 2 is 1.18 bits per heavy atom. The first kappa shape index (κ1) is 14.3. The lowest BCUT2D eigenvalue weighted by atomic mass is 9.85. The second-order valence-electron chi connectivity index (χ2n) is 5.70. The van der Waals surface area contributed by atoms with E-state index in [1.165, 1.54) is 47.1 Å². The number of hydrogen-bond donors (Lipinski definition) is 0. The van der Waals surface area contributed by atoms with Crippen molar-refractivity contribution in [2.45, 2.75) is 67.7 Å². The average Bonchev–Trinajstić information content (AvgIpc) is 2.30. The molecule has 17 heavy (non-hydrogen) atoms. The molecular formula is C17H28. The van der Waals surface area contributed by atoms with Crippen LogP contribution in [0.3, 0.4) is 0 Å². The minimum absolute atomic E-state index is 0.805. The summed E-state index contributed by atoms with van der Waals surface area (Å²) in [7, 11) is 0. The Balaban J connectivity index is 3.16. The van der Waals surface area contributed by atoms with E-state index >= 15 is 0 Å². The fourth-order valence-corrected chi connectivity index (χ4v) is 2.83. The molecule has 0 nitrogen and oxygen atoms in total. The van der Waals surface area contributed by atoms with Gasteiger partial charge in [-0.2, -0.15) is 0 Å². The maximum atomic E-state index is 2.38. The topological polar surface area (TPSA) is 0 Å². The molecule has 0 saturated heterocycles. The zero-order valence-electron chi connectivity index (χ0n) is 12.7. The molecule has 0 amide bonds. The summed E-state index contributed by atoms with van der Waals surface area (Å²) in [6.07, 6.45) is 3.88. The van der Waals surface area contributed by atoms with E-state index in [-0.39, 0.29) is 0 Å². The van der Waals surface area contributed by atoms with Gasteiger partial charge in [0.25, 0.3) is 0 Å². The van der Waals surface area contributed by atoms with Gasteiger partial charge in [0.1, 0.15) is 0 Å². The summed E-state index contributed by atoms with van der Waals surface area (Å²) >= 11 is 0. The highest BCUT2D eigenvalue weighted by Gasteiger charge is 2.14. The fourth-order valence-electron chi connectivity index (χ4n) is 2.83. The van der Waals surface area contributed by atoms with Crippen LogP contribution in [0.1, 0.15) is 60.1 Å². The normalized spacial score (nSPS) is 12.9. The van der Waals surface area contributed by atoms with Gasteiger partial charge in [-0.1, -0.05) is 26.7 Å². The Labute approximate surface area is 107 Å². The molecule has 0 fully saturated rings. The Bertz CT molecular complexity index is 370. The van der Waals surface area contributed by atoms with E-state index in [2.05, 4.69) is 48.5 Å². The van der Waals surface area contributed by atoms with Gasteiger partial charge in [-0.05, 0) is 80.3 Å². The molecular weight excluding hydrogens is 204 g/mol. The Morgan fingerprint density at radius 1 is 0.765 bits per heavy atom. The number of hydrogen-bond acceptors (Lipinski definition) is 0. The predicted molar refractivity (Wildman–Crippen MR) is 77.9 cm³/mol. The maximum Gasteiger partial charge on any atom is -0.0248 e. The van der Waals surface area contributed by atoms with Crippen LogP contribution in [0.2, 0.25) is 0 Å². The standard InChI is InChI=1S/C17H28/c1-8-9-11(2)10-17-15(6)13(4)12(3)14(5)16(17)7/h11H,8-10H2,1-7H3. The third kappa shape index (κ3) is 2.91. The Hall–Kier alpha value is -0.780. The highest BCUT2D eigenvalue weighted by atomic mass is 14.2. The minimum Gasteiger partial charge on any atom is -0.0654 e. The molecule has 1 rings (SSSR count). The van der Waals surface area contributed by atoms with E-state index in [1.54, 1.807) is 5.56 Å². The second-order valence-corrected chi connectivity index (χ2v) is 5.70. The van der Waals surface area contributed by atoms with Crippen molar-refractivity contribution in [3.63, 3.8) is 0 Å². The zero-order chi connectivity index (χ0) is 13.2. The van der Waals surface area contributed by atoms with Gasteiger partial charge < -0.3 is 0 Å². The Morgan fingerprint density at radius 3 is 1.59 bits per heavy atom. The van der Waals surface area contributed by atoms with Crippen LogP contribution in [0.4, 0.5) is 0 Å². The highest BCUT2D eigenvalue weighted by molar-refractivity contribution is 5.49. The van der Waals surface area contributed by atoms with Gasteiger partial charge >= 0.3 is 0 Å². The van der Waals surface area contributed by atoms with Crippen LogP contribution in [0.25, 0.3) is 0 Å². The van der Waals surface area contributed by atoms with Crippen LogP contribution < -0.4 is 0 Å². The van der Waals surface area contributed by atoms with Crippen molar-refractivity contribution in [2.75, 3.05) is 0 Å². The van der Waals surface area contributed by atoms with Gasteiger partial charge in [0, 0.05) is 0 Å². The van der Waals surface area contributed by atoms with Crippen LogP contribution in [-0.4, -0.2) is 0 Å². The molecule has 0 bridgehead atoms. The molecule has 0 N–H and O–H groups in total. The average molecular weight is 232 g/mol. The molecule has 0 radical (unpaired) electrons. The molecule has 1 unspecified atom stereocenters. The van der Waals surface area contributed by atoms with Crippen molar-refractivity contribution < 1.29 is 0 Å².